The third-order valence-corrected chi connectivity index (χ3v) is 5.30. The molecule has 0 saturated heterocycles. The van der Waals surface area contributed by atoms with Gasteiger partial charge in [0.05, 0.1) is 0 Å². The van der Waals surface area contributed by atoms with Crippen LogP contribution >= 0.6 is 0 Å². The van der Waals surface area contributed by atoms with Gasteiger partial charge < -0.3 is 5.32 Å². The summed E-state index contributed by atoms with van der Waals surface area (Å²) in [7, 11) is 0. The van der Waals surface area contributed by atoms with Gasteiger partial charge in [0.2, 0.25) is 0 Å². The van der Waals surface area contributed by atoms with Crippen LogP contribution in [0.2, 0.25) is 0 Å². The van der Waals surface area contributed by atoms with Crippen LogP contribution in [-0.2, 0) is 0 Å². The van der Waals surface area contributed by atoms with Gasteiger partial charge in [-0.1, -0.05) is 47.0 Å². The molecule has 0 spiro atoms. The molecule has 1 nitrogen and oxygen atoms in total. The monoisotopic (exact) mass is 251 g/mol. The average molecular weight is 251 g/mol. The molecular formula is C17H33N. The van der Waals surface area contributed by atoms with Crippen molar-refractivity contribution in [3.63, 3.8) is 0 Å². The molecule has 2 unspecified atom stereocenters. The van der Waals surface area contributed by atoms with Crippen molar-refractivity contribution in [2.24, 2.45) is 29.1 Å². The third kappa shape index (κ3) is 3.73. The van der Waals surface area contributed by atoms with Crippen LogP contribution in [0.1, 0.15) is 66.2 Å². The van der Waals surface area contributed by atoms with Crippen molar-refractivity contribution in [2.45, 2.75) is 66.2 Å². The molecule has 1 heteroatoms. The highest BCUT2D eigenvalue weighted by Crippen LogP contribution is 2.49. The van der Waals surface area contributed by atoms with Crippen LogP contribution in [0, 0.1) is 29.1 Å². The molecule has 0 aromatic carbocycles. The maximum Gasteiger partial charge on any atom is -0.00176 e. The Bertz CT molecular complexity index is 252. The molecule has 2 rings (SSSR count). The molecule has 2 saturated carbocycles. The fourth-order valence-electron chi connectivity index (χ4n) is 3.93. The van der Waals surface area contributed by atoms with E-state index < -0.39 is 0 Å². The van der Waals surface area contributed by atoms with Crippen molar-refractivity contribution >= 4 is 0 Å². The summed E-state index contributed by atoms with van der Waals surface area (Å²) < 4.78 is 0. The predicted octanol–water partition coefficient (Wildman–Crippen LogP) is 4.47. The predicted molar refractivity (Wildman–Crippen MR) is 79.7 cm³/mol. The maximum atomic E-state index is 3.71. The summed E-state index contributed by atoms with van der Waals surface area (Å²) in [5.41, 5.74) is 0.606. The molecule has 0 heterocycles. The van der Waals surface area contributed by atoms with E-state index >= 15 is 0 Å². The smallest absolute Gasteiger partial charge is 0.00176 e. The SMILES string of the molecule is CC(C)CNCC1CCC(C)(C)CC1C1CCC1. The van der Waals surface area contributed by atoms with Gasteiger partial charge in [0.25, 0.3) is 0 Å². The van der Waals surface area contributed by atoms with Crippen LogP contribution in [0.4, 0.5) is 0 Å². The summed E-state index contributed by atoms with van der Waals surface area (Å²) in [6, 6.07) is 0. The number of nitrogens with one attached hydrogen (secondary N) is 1. The summed E-state index contributed by atoms with van der Waals surface area (Å²) in [6.45, 7) is 12.0. The largest absolute Gasteiger partial charge is 0.316 e. The van der Waals surface area contributed by atoms with Crippen molar-refractivity contribution in [3.05, 3.63) is 0 Å². The zero-order chi connectivity index (χ0) is 13.2. The molecule has 0 aromatic heterocycles. The molecule has 0 aromatic rings. The first-order valence-electron chi connectivity index (χ1n) is 8.19. The highest BCUT2D eigenvalue weighted by atomic mass is 14.9. The molecule has 0 radical (unpaired) electrons. The summed E-state index contributed by atoms with van der Waals surface area (Å²) in [6.07, 6.45) is 8.89. The van der Waals surface area contributed by atoms with Crippen LogP contribution in [0.5, 0.6) is 0 Å². The molecule has 0 bridgehead atoms. The first-order chi connectivity index (χ1) is 8.48. The van der Waals surface area contributed by atoms with Gasteiger partial charge in [-0.05, 0) is 61.4 Å². The summed E-state index contributed by atoms with van der Waals surface area (Å²) in [5.74, 6) is 3.83. The normalized spacial score (nSPS) is 32.5. The van der Waals surface area contributed by atoms with Crippen LogP contribution < -0.4 is 5.32 Å². The third-order valence-electron chi connectivity index (χ3n) is 5.30. The van der Waals surface area contributed by atoms with Crippen LogP contribution in [0.25, 0.3) is 0 Å². The van der Waals surface area contributed by atoms with Gasteiger partial charge in [-0.2, -0.15) is 0 Å². The topological polar surface area (TPSA) is 12.0 Å². The molecule has 0 amide bonds. The minimum atomic E-state index is 0.606. The lowest BCUT2D eigenvalue weighted by Crippen LogP contribution is -2.41. The molecule has 2 fully saturated rings. The molecule has 0 aliphatic heterocycles. The fraction of sp³-hybridized carbons (Fsp3) is 1.00. The van der Waals surface area contributed by atoms with E-state index in [4.69, 9.17) is 0 Å². The van der Waals surface area contributed by atoms with E-state index in [-0.39, 0.29) is 0 Å². The van der Waals surface area contributed by atoms with Crippen molar-refractivity contribution in [2.75, 3.05) is 13.1 Å². The second-order valence-electron chi connectivity index (χ2n) is 8.07. The van der Waals surface area contributed by atoms with Gasteiger partial charge in [-0.15, -0.1) is 0 Å². The van der Waals surface area contributed by atoms with E-state index in [1.54, 1.807) is 0 Å². The quantitative estimate of drug-likeness (QED) is 0.760. The van der Waals surface area contributed by atoms with Crippen molar-refractivity contribution < 1.29 is 0 Å². The Morgan fingerprint density at radius 1 is 1.17 bits per heavy atom. The second kappa shape index (κ2) is 5.94. The second-order valence-corrected chi connectivity index (χ2v) is 8.07. The zero-order valence-corrected chi connectivity index (χ0v) is 13.0. The number of hydrogen-bond acceptors (Lipinski definition) is 1. The van der Waals surface area contributed by atoms with E-state index in [0.29, 0.717) is 5.41 Å². The molecule has 2 aliphatic rings. The number of rotatable bonds is 5. The summed E-state index contributed by atoms with van der Waals surface area (Å²) >= 11 is 0. The van der Waals surface area contributed by atoms with E-state index in [0.717, 1.165) is 23.7 Å². The molecule has 106 valence electrons. The van der Waals surface area contributed by atoms with Gasteiger partial charge in [0, 0.05) is 0 Å². The minimum absolute atomic E-state index is 0.606. The van der Waals surface area contributed by atoms with Crippen molar-refractivity contribution in [1.29, 1.82) is 0 Å². The minimum Gasteiger partial charge on any atom is -0.316 e. The molecule has 2 atom stereocenters. The lowest BCUT2D eigenvalue weighted by molar-refractivity contribution is 0.0406. The highest BCUT2D eigenvalue weighted by Gasteiger charge is 2.40. The maximum absolute atomic E-state index is 3.71. The van der Waals surface area contributed by atoms with Gasteiger partial charge in [-0.25, -0.2) is 0 Å². The van der Waals surface area contributed by atoms with E-state index in [1.165, 1.54) is 51.6 Å². The Labute approximate surface area is 114 Å². The van der Waals surface area contributed by atoms with Gasteiger partial charge >= 0.3 is 0 Å². The molecular weight excluding hydrogens is 218 g/mol. The van der Waals surface area contributed by atoms with Gasteiger partial charge in [0.1, 0.15) is 0 Å². The average Bonchev–Trinajstić information content (AvgIpc) is 2.17. The van der Waals surface area contributed by atoms with Crippen molar-refractivity contribution in [3.8, 4) is 0 Å². The highest BCUT2D eigenvalue weighted by molar-refractivity contribution is 4.91. The zero-order valence-electron chi connectivity index (χ0n) is 13.0. The Kier molecular flexibility index (Phi) is 4.75. The van der Waals surface area contributed by atoms with Gasteiger partial charge in [0.15, 0.2) is 0 Å². The first-order valence-corrected chi connectivity index (χ1v) is 8.19. The van der Waals surface area contributed by atoms with E-state index in [2.05, 4.69) is 33.0 Å². The van der Waals surface area contributed by atoms with Crippen molar-refractivity contribution in [1.82, 2.24) is 5.32 Å². The fourth-order valence-corrected chi connectivity index (χ4v) is 3.93. The molecule has 2 aliphatic carbocycles. The Hall–Kier alpha value is -0.0400. The molecule has 18 heavy (non-hydrogen) atoms. The Balaban J connectivity index is 1.86. The lowest BCUT2D eigenvalue weighted by atomic mass is 9.59. The Morgan fingerprint density at radius 3 is 2.44 bits per heavy atom. The lowest BCUT2D eigenvalue weighted by Gasteiger charge is -2.47. The van der Waals surface area contributed by atoms with Crippen LogP contribution in [0.15, 0.2) is 0 Å². The summed E-state index contributed by atoms with van der Waals surface area (Å²) in [5, 5.41) is 3.71. The Morgan fingerprint density at radius 2 is 1.89 bits per heavy atom. The van der Waals surface area contributed by atoms with E-state index in [9.17, 15) is 0 Å². The van der Waals surface area contributed by atoms with E-state index in [1.807, 2.05) is 0 Å². The first kappa shape index (κ1) is 14.4. The van der Waals surface area contributed by atoms with Gasteiger partial charge in [-0.3, -0.25) is 0 Å². The standard InChI is InChI=1S/C17H33N/c1-13(2)11-18-12-15-8-9-17(3,4)10-16(15)14-6-5-7-14/h13-16,18H,5-12H2,1-4H3. The van der Waals surface area contributed by atoms with Crippen LogP contribution in [0.3, 0.4) is 0 Å². The summed E-state index contributed by atoms with van der Waals surface area (Å²) in [4.78, 5) is 0. The van der Waals surface area contributed by atoms with Crippen LogP contribution in [-0.4, -0.2) is 13.1 Å². The number of hydrogen-bond donors (Lipinski definition) is 1. The molecule has 1 N–H and O–H groups in total.